The fraction of sp³-hybridized carbons (Fsp3) is 0.429. The first-order valence-electron chi connectivity index (χ1n) is 5.75. The third-order valence-corrected chi connectivity index (χ3v) is 3.69. The van der Waals surface area contributed by atoms with E-state index in [0.29, 0.717) is 6.42 Å². The van der Waals surface area contributed by atoms with Gasteiger partial charge in [0.2, 0.25) is 0 Å². The number of aryl methyl sites for hydroxylation is 1. The van der Waals surface area contributed by atoms with E-state index in [9.17, 15) is 4.79 Å². The van der Waals surface area contributed by atoms with Crippen molar-refractivity contribution in [2.75, 3.05) is 0 Å². The Hall–Kier alpha value is -1.22. The first kappa shape index (κ1) is 12.2. The van der Waals surface area contributed by atoms with Crippen molar-refractivity contribution >= 4 is 27.3 Å². The topological polar surface area (TPSA) is 30.0 Å². The molecule has 0 saturated carbocycles. The SMILES string of the molecule is Cc1nc2ccc(CC(=O)C(C)(C)C)cc2s1. The summed E-state index contributed by atoms with van der Waals surface area (Å²) in [6.07, 6.45) is 0.510. The van der Waals surface area contributed by atoms with Crippen molar-refractivity contribution in [2.24, 2.45) is 5.41 Å². The van der Waals surface area contributed by atoms with Crippen LogP contribution in [0.3, 0.4) is 0 Å². The standard InChI is InChI=1S/C14H17NOS/c1-9-15-11-6-5-10(7-12(11)17-9)8-13(16)14(2,3)4/h5-7H,8H2,1-4H3. The van der Waals surface area contributed by atoms with Gasteiger partial charge in [-0.2, -0.15) is 0 Å². The Kier molecular flexibility index (Phi) is 3.04. The van der Waals surface area contributed by atoms with Crippen LogP contribution in [-0.4, -0.2) is 10.8 Å². The van der Waals surface area contributed by atoms with E-state index >= 15 is 0 Å². The molecule has 0 atom stereocenters. The van der Waals surface area contributed by atoms with E-state index in [4.69, 9.17) is 0 Å². The summed E-state index contributed by atoms with van der Waals surface area (Å²) >= 11 is 1.68. The number of hydrogen-bond acceptors (Lipinski definition) is 3. The number of hydrogen-bond donors (Lipinski definition) is 0. The van der Waals surface area contributed by atoms with Gasteiger partial charge in [-0.15, -0.1) is 11.3 Å². The molecule has 2 rings (SSSR count). The van der Waals surface area contributed by atoms with Crippen LogP contribution in [-0.2, 0) is 11.2 Å². The summed E-state index contributed by atoms with van der Waals surface area (Å²) in [7, 11) is 0. The van der Waals surface area contributed by atoms with Crippen molar-refractivity contribution in [3.8, 4) is 0 Å². The number of ketones is 1. The molecular weight excluding hydrogens is 230 g/mol. The molecule has 1 aromatic heterocycles. The predicted octanol–water partition coefficient (Wildman–Crippen LogP) is 3.76. The van der Waals surface area contributed by atoms with E-state index in [0.717, 1.165) is 16.1 Å². The van der Waals surface area contributed by atoms with Crippen LogP contribution in [0.4, 0.5) is 0 Å². The molecule has 1 aromatic carbocycles. The Labute approximate surface area is 106 Å². The van der Waals surface area contributed by atoms with Gasteiger partial charge in [0.25, 0.3) is 0 Å². The number of carbonyl (C=O) groups is 1. The molecule has 0 fully saturated rings. The van der Waals surface area contributed by atoms with Crippen molar-refractivity contribution in [1.82, 2.24) is 4.98 Å². The van der Waals surface area contributed by atoms with Gasteiger partial charge in [-0.05, 0) is 24.6 Å². The average Bonchev–Trinajstić information content (AvgIpc) is 2.55. The van der Waals surface area contributed by atoms with E-state index < -0.39 is 0 Å². The highest BCUT2D eigenvalue weighted by molar-refractivity contribution is 7.18. The van der Waals surface area contributed by atoms with Gasteiger partial charge in [-0.3, -0.25) is 4.79 Å². The van der Waals surface area contributed by atoms with Crippen LogP contribution in [0.2, 0.25) is 0 Å². The zero-order chi connectivity index (χ0) is 12.6. The molecule has 3 heteroatoms. The van der Waals surface area contributed by atoms with Crippen LogP contribution in [0.15, 0.2) is 18.2 Å². The Bertz CT molecular complexity index is 563. The summed E-state index contributed by atoms with van der Waals surface area (Å²) in [5.74, 6) is 0.276. The van der Waals surface area contributed by atoms with Gasteiger partial charge in [-0.1, -0.05) is 26.8 Å². The number of benzene rings is 1. The lowest BCUT2D eigenvalue weighted by molar-refractivity contribution is -0.125. The molecule has 0 spiro atoms. The van der Waals surface area contributed by atoms with E-state index in [1.165, 1.54) is 4.70 Å². The fourth-order valence-corrected chi connectivity index (χ4v) is 2.54. The minimum Gasteiger partial charge on any atom is -0.299 e. The molecule has 2 aromatic rings. The van der Waals surface area contributed by atoms with Gasteiger partial charge < -0.3 is 0 Å². The van der Waals surface area contributed by atoms with Crippen LogP contribution in [0, 0.1) is 12.3 Å². The number of carbonyl (C=O) groups excluding carboxylic acids is 1. The molecule has 0 saturated heterocycles. The van der Waals surface area contributed by atoms with Gasteiger partial charge in [0.1, 0.15) is 5.78 Å². The maximum absolute atomic E-state index is 12.0. The lowest BCUT2D eigenvalue weighted by Crippen LogP contribution is -2.21. The Morgan fingerprint density at radius 1 is 1.35 bits per heavy atom. The molecule has 0 N–H and O–H groups in total. The molecule has 90 valence electrons. The fourth-order valence-electron chi connectivity index (χ4n) is 1.64. The zero-order valence-electron chi connectivity index (χ0n) is 10.7. The molecule has 0 aliphatic rings. The number of aromatic nitrogens is 1. The first-order valence-corrected chi connectivity index (χ1v) is 6.57. The lowest BCUT2D eigenvalue weighted by Gasteiger charge is -2.16. The summed E-state index contributed by atoms with van der Waals surface area (Å²) in [5.41, 5.74) is 1.85. The highest BCUT2D eigenvalue weighted by Gasteiger charge is 2.21. The number of rotatable bonds is 2. The molecule has 0 bridgehead atoms. The monoisotopic (exact) mass is 247 g/mol. The second-order valence-corrected chi connectivity index (χ2v) is 6.62. The molecule has 1 heterocycles. The Morgan fingerprint density at radius 3 is 2.71 bits per heavy atom. The minimum absolute atomic E-state index is 0.265. The predicted molar refractivity (Wildman–Crippen MR) is 72.5 cm³/mol. The second-order valence-electron chi connectivity index (χ2n) is 5.38. The van der Waals surface area contributed by atoms with Crippen LogP contribution in [0.5, 0.6) is 0 Å². The largest absolute Gasteiger partial charge is 0.299 e. The van der Waals surface area contributed by atoms with Crippen LogP contribution in [0.25, 0.3) is 10.2 Å². The van der Waals surface area contributed by atoms with Gasteiger partial charge in [0.15, 0.2) is 0 Å². The Morgan fingerprint density at radius 2 is 2.06 bits per heavy atom. The van der Waals surface area contributed by atoms with Crippen LogP contribution < -0.4 is 0 Å². The van der Waals surface area contributed by atoms with Crippen molar-refractivity contribution in [3.05, 3.63) is 28.8 Å². The molecular formula is C14H17NOS. The number of Topliss-reactive ketones (excluding diaryl/α,β-unsaturated/α-hetero) is 1. The lowest BCUT2D eigenvalue weighted by atomic mass is 9.87. The van der Waals surface area contributed by atoms with E-state index in [2.05, 4.69) is 11.1 Å². The molecule has 0 unspecified atom stereocenters. The number of thiazole rings is 1. The van der Waals surface area contributed by atoms with Gasteiger partial charge in [-0.25, -0.2) is 4.98 Å². The number of nitrogens with zero attached hydrogens (tertiary/aromatic N) is 1. The van der Waals surface area contributed by atoms with E-state index in [1.54, 1.807) is 11.3 Å². The maximum Gasteiger partial charge on any atom is 0.142 e. The molecule has 0 radical (unpaired) electrons. The third kappa shape index (κ3) is 2.72. The molecule has 0 amide bonds. The number of fused-ring (bicyclic) bond motifs is 1. The van der Waals surface area contributed by atoms with E-state index in [1.807, 2.05) is 39.8 Å². The van der Waals surface area contributed by atoms with E-state index in [-0.39, 0.29) is 11.2 Å². The average molecular weight is 247 g/mol. The smallest absolute Gasteiger partial charge is 0.142 e. The molecule has 2 nitrogen and oxygen atoms in total. The third-order valence-electron chi connectivity index (χ3n) is 2.76. The Balaban J connectivity index is 2.28. The highest BCUT2D eigenvalue weighted by atomic mass is 32.1. The first-order chi connectivity index (χ1) is 7.86. The van der Waals surface area contributed by atoms with Crippen LogP contribution >= 0.6 is 11.3 Å². The summed E-state index contributed by atoms with van der Waals surface area (Å²) in [6.45, 7) is 7.89. The minimum atomic E-state index is -0.265. The summed E-state index contributed by atoms with van der Waals surface area (Å²) in [5, 5.41) is 1.07. The van der Waals surface area contributed by atoms with Gasteiger partial charge >= 0.3 is 0 Å². The van der Waals surface area contributed by atoms with Crippen molar-refractivity contribution in [1.29, 1.82) is 0 Å². The van der Waals surface area contributed by atoms with Crippen LogP contribution in [0.1, 0.15) is 31.3 Å². The normalized spacial score (nSPS) is 12.0. The van der Waals surface area contributed by atoms with Crippen molar-refractivity contribution in [2.45, 2.75) is 34.1 Å². The molecule has 17 heavy (non-hydrogen) atoms. The zero-order valence-corrected chi connectivity index (χ0v) is 11.5. The highest BCUT2D eigenvalue weighted by Crippen LogP contribution is 2.24. The quantitative estimate of drug-likeness (QED) is 0.808. The summed E-state index contributed by atoms with van der Waals surface area (Å²) in [4.78, 5) is 16.4. The molecule has 0 aliphatic carbocycles. The second kappa shape index (κ2) is 4.22. The summed E-state index contributed by atoms with van der Waals surface area (Å²) < 4.78 is 1.17. The van der Waals surface area contributed by atoms with Gasteiger partial charge in [0.05, 0.1) is 15.2 Å². The summed E-state index contributed by atoms with van der Waals surface area (Å²) in [6, 6.07) is 6.10. The van der Waals surface area contributed by atoms with Crippen molar-refractivity contribution in [3.63, 3.8) is 0 Å². The maximum atomic E-state index is 12.0. The molecule has 0 aliphatic heterocycles. The van der Waals surface area contributed by atoms with Gasteiger partial charge in [0, 0.05) is 11.8 Å². The van der Waals surface area contributed by atoms with Crippen molar-refractivity contribution < 1.29 is 4.79 Å².